The number of thiophene rings is 1. The van der Waals surface area contributed by atoms with Crippen molar-refractivity contribution in [2.24, 2.45) is 0 Å². The summed E-state index contributed by atoms with van der Waals surface area (Å²) in [6.45, 7) is 2.40. The number of piperazine rings is 1. The van der Waals surface area contributed by atoms with Crippen LogP contribution in [0.2, 0.25) is 0 Å². The second-order valence-corrected chi connectivity index (χ2v) is 6.37. The summed E-state index contributed by atoms with van der Waals surface area (Å²) in [5, 5.41) is 5.40. The van der Waals surface area contributed by atoms with Gasteiger partial charge in [0.25, 0.3) is 0 Å². The van der Waals surface area contributed by atoms with Gasteiger partial charge in [0.05, 0.1) is 19.6 Å². The highest BCUT2D eigenvalue weighted by Crippen LogP contribution is 2.25. The Labute approximate surface area is 134 Å². The minimum Gasteiger partial charge on any atom is -0.497 e. The van der Waals surface area contributed by atoms with Gasteiger partial charge in [0.1, 0.15) is 5.75 Å². The average molecular weight is 316 g/mol. The van der Waals surface area contributed by atoms with Crippen LogP contribution in [-0.4, -0.2) is 37.6 Å². The first-order valence-corrected chi connectivity index (χ1v) is 8.32. The Balaban J connectivity index is 1.76. The van der Waals surface area contributed by atoms with Crippen LogP contribution in [0, 0.1) is 0 Å². The number of hydrogen-bond donors (Lipinski definition) is 1. The fraction of sp³-hybridized carbons (Fsp3) is 0.353. The first kappa shape index (κ1) is 15.1. The van der Waals surface area contributed by atoms with Gasteiger partial charge in [-0.3, -0.25) is 4.79 Å². The number of ether oxygens (including phenoxy) is 1. The van der Waals surface area contributed by atoms with Crippen molar-refractivity contribution in [3.05, 3.63) is 52.2 Å². The van der Waals surface area contributed by atoms with Gasteiger partial charge in [0, 0.05) is 24.5 Å². The molecule has 1 fully saturated rings. The van der Waals surface area contributed by atoms with Gasteiger partial charge < -0.3 is 15.0 Å². The molecular formula is C17H20N2O2S. The van der Waals surface area contributed by atoms with E-state index in [0.717, 1.165) is 35.8 Å². The van der Waals surface area contributed by atoms with E-state index in [0.29, 0.717) is 6.42 Å². The molecular weight excluding hydrogens is 296 g/mol. The van der Waals surface area contributed by atoms with Crippen LogP contribution in [0.3, 0.4) is 0 Å². The summed E-state index contributed by atoms with van der Waals surface area (Å²) in [5.74, 6) is 1.04. The van der Waals surface area contributed by atoms with Gasteiger partial charge in [-0.2, -0.15) is 0 Å². The van der Waals surface area contributed by atoms with Crippen LogP contribution >= 0.6 is 11.3 Å². The summed E-state index contributed by atoms with van der Waals surface area (Å²) in [5.41, 5.74) is 1.15. The first-order valence-electron chi connectivity index (χ1n) is 7.44. The number of nitrogens with one attached hydrogen (secondary N) is 1. The number of benzene rings is 1. The van der Waals surface area contributed by atoms with Crippen molar-refractivity contribution in [3.8, 4) is 5.75 Å². The number of rotatable bonds is 4. The number of methoxy groups -OCH3 is 1. The minimum absolute atomic E-state index is 0.0899. The average Bonchev–Trinajstić information content (AvgIpc) is 3.08. The Morgan fingerprint density at radius 1 is 1.36 bits per heavy atom. The lowest BCUT2D eigenvalue weighted by atomic mass is 10.0. The highest BCUT2D eigenvalue weighted by molar-refractivity contribution is 7.10. The van der Waals surface area contributed by atoms with Gasteiger partial charge in [-0.1, -0.05) is 18.2 Å². The number of carbonyl (C=O) groups is 1. The molecule has 22 heavy (non-hydrogen) atoms. The maximum absolute atomic E-state index is 12.7. The van der Waals surface area contributed by atoms with E-state index in [1.807, 2.05) is 46.7 Å². The van der Waals surface area contributed by atoms with Crippen LogP contribution in [0.4, 0.5) is 0 Å². The molecule has 0 saturated carbocycles. The van der Waals surface area contributed by atoms with Gasteiger partial charge >= 0.3 is 0 Å². The quantitative estimate of drug-likeness (QED) is 0.942. The fourth-order valence-corrected chi connectivity index (χ4v) is 3.49. The van der Waals surface area contributed by atoms with Gasteiger partial charge in [0.2, 0.25) is 5.91 Å². The van der Waals surface area contributed by atoms with Crippen LogP contribution in [0.5, 0.6) is 5.75 Å². The van der Waals surface area contributed by atoms with Crippen LogP contribution in [-0.2, 0) is 11.2 Å². The molecule has 0 bridgehead atoms. The van der Waals surface area contributed by atoms with Crippen molar-refractivity contribution < 1.29 is 9.53 Å². The van der Waals surface area contributed by atoms with E-state index in [2.05, 4.69) is 5.32 Å². The normalized spacial score (nSPS) is 18.2. The van der Waals surface area contributed by atoms with Crippen LogP contribution in [0.15, 0.2) is 41.8 Å². The Morgan fingerprint density at radius 2 is 2.18 bits per heavy atom. The maximum Gasteiger partial charge on any atom is 0.228 e. The summed E-state index contributed by atoms with van der Waals surface area (Å²) in [6, 6.07) is 12.1. The topological polar surface area (TPSA) is 41.6 Å². The molecule has 0 radical (unpaired) electrons. The zero-order chi connectivity index (χ0) is 15.4. The third kappa shape index (κ3) is 3.31. The van der Waals surface area contributed by atoms with Crippen molar-refractivity contribution in [1.29, 1.82) is 0 Å². The number of hydrogen-bond acceptors (Lipinski definition) is 4. The molecule has 116 valence electrons. The minimum atomic E-state index is 0.0899. The predicted octanol–water partition coefficient (Wildman–Crippen LogP) is 2.47. The van der Waals surface area contributed by atoms with Crippen LogP contribution in [0.1, 0.15) is 16.5 Å². The number of carbonyl (C=O) groups excluding carboxylic acids is 1. The fourth-order valence-electron chi connectivity index (χ4n) is 2.79. The van der Waals surface area contributed by atoms with Gasteiger partial charge in [0.15, 0.2) is 0 Å². The molecule has 1 aromatic carbocycles. The molecule has 1 aliphatic rings. The number of amides is 1. The smallest absolute Gasteiger partial charge is 0.228 e. The zero-order valence-corrected chi connectivity index (χ0v) is 13.4. The molecule has 3 rings (SSSR count). The Hall–Kier alpha value is -1.85. The molecule has 0 unspecified atom stereocenters. The molecule has 4 nitrogen and oxygen atoms in total. The van der Waals surface area contributed by atoms with E-state index in [-0.39, 0.29) is 11.9 Å². The van der Waals surface area contributed by atoms with Crippen molar-refractivity contribution in [3.63, 3.8) is 0 Å². The lowest BCUT2D eigenvalue weighted by molar-refractivity contribution is -0.133. The highest BCUT2D eigenvalue weighted by Gasteiger charge is 2.27. The van der Waals surface area contributed by atoms with E-state index < -0.39 is 0 Å². The summed E-state index contributed by atoms with van der Waals surface area (Å²) < 4.78 is 5.21. The monoisotopic (exact) mass is 316 g/mol. The van der Waals surface area contributed by atoms with Crippen LogP contribution in [0.25, 0.3) is 0 Å². The molecule has 0 spiro atoms. The molecule has 1 amide bonds. The van der Waals surface area contributed by atoms with E-state index >= 15 is 0 Å². The molecule has 1 N–H and O–H groups in total. The largest absolute Gasteiger partial charge is 0.497 e. The van der Waals surface area contributed by atoms with Crippen molar-refractivity contribution in [1.82, 2.24) is 10.2 Å². The number of nitrogens with zero attached hydrogens (tertiary/aromatic N) is 1. The first-order chi connectivity index (χ1) is 10.8. The molecule has 1 saturated heterocycles. The molecule has 0 aliphatic carbocycles. The SMILES string of the molecule is COc1ccc([C@H]2CNCCN2C(=O)Cc2cccs2)cc1. The molecule has 2 heterocycles. The zero-order valence-electron chi connectivity index (χ0n) is 12.6. The van der Waals surface area contributed by atoms with Crippen molar-refractivity contribution in [2.45, 2.75) is 12.5 Å². The van der Waals surface area contributed by atoms with Gasteiger partial charge in [-0.25, -0.2) is 0 Å². The third-order valence-electron chi connectivity index (χ3n) is 3.97. The van der Waals surface area contributed by atoms with Crippen molar-refractivity contribution >= 4 is 17.2 Å². The van der Waals surface area contributed by atoms with E-state index in [4.69, 9.17) is 4.74 Å². The lowest BCUT2D eigenvalue weighted by Gasteiger charge is -2.36. The lowest BCUT2D eigenvalue weighted by Crippen LogP contribution is -2.49. The van der Waals surface area contributed by atoms with E-state index in [1.165, 1.54) is 0 Å². The van der Waals surface area contributed by atoms with Gasteiger partial charge in [-0.15, -0.1) is 11.3 Å². The summed E-state index contributed by atoms with van der Waals surface area (Å²) in [6.07, 6.45) is 0.490. The van der Waals surface area contributed by atoms with E-state index in [1.54, 1.807) is 18.4 Å². The molecule has 2 aromatic rings. The molecule has 1 aromatic heterocycles. The maximum atomic E-state index is 12.7. The van der Waals surface area contributed by atoms with Crippen LogP contribution < -0.4 is 10.1 Å². The Morgan fingerprint density at radius 3 is 2.86 bits per heavy atom. The predicted molar refractivity (Wildman–Crippen MR) is 88.3 cm³/mol. The van der Waals surface area contributed by atoms with E-state index in [9.17, 15) is 4.79 Å². The summed E-state index contributed by atoms with van der Waals surface area (Å²) in [4.78, 5) is 15.8. The highest BCUT2D eigenvalue weighted by atomic mass is 32.1. The standard InChI is InChI=1S/C17H20N2O2S/c1-21-14-6-4-13(5-7-14)16-12-18-8-9-19(16)17(20)11-15-3-2-10-22-15/h2-7,10,16,18H,8-9,11-12H2,1H3/t16-/m1/s1. The van der Waals surface area contributed by atoms with Crippen molar-refractivity contribution in [2.75, 3.05) is 26.7 Å². The summed E-state index contributed by atoms with van der Waals surface area (Å²) in [7, 11) is 1.66. The second-order valence-electron chi connectivity index (χ2n) is 5.34. The van der Waals surface area contributed by atoms with Gasteiger partial charge in [-0.05, 0) is 29.1 Å². The second kappa shape index (κ2) is 6.94. The Bertz CT molecular complexity index is 610. The third-order valence-corrected chi connectivity index (χ3v) is 4.85. The molecule has 1 atom stereocenters. The molecule has 5 heteroatoms. The molecule has 1 aliphatic heterocycles. The Kier molecular flexibility index (Phi) is 4.75. The summed E-state index contributed by atoms with van der Waals surface area (Å²) >= 11 is 1.64.